The summed E-state index contributed by atoms with van der Waals surface area (Å²) >= 11 is 0. The van der Waals surface area contributed by atoms with E-state index in [1.54, 1.807) is 6.08 Å². The number of aliphatic hydroxyl groups is 11. The number of nitrogens with one attached hydrogen (secondary N) is 2. The van der Waals surface area contributed by atoms with Crippen molar-refractivity contribution in [2.45, 2.75) is 330 Å². The van der Waals surface area contributed by atoms with Crippen molar-refractivity contribution in [3.8, 4) is 0 Å². The summed E-state index contributed by atoms with van der Waals surface area (Å²) in [6, 6.07) is -2.62. The summed E-state index contributed by atoms with van der Waals surface area (Å²) in [7, 11) is 0. The number of unbranched alkanes of at least 4 members (excludes halogenated alkanes) is 26. The van der Waals surface area contributed by atoms with Gasteiger partial charge in [-0.15, -0.1) is 0 Å². The average Bonchev–Trinajstić information content (AvgIpc) is 1.67. The number of carbonyl (C=O) groups is 3. The summed E-state index contributed by atoms with van der Waals surface area (Å²) in [6.07, 6.45) is 12.4. The maximum atomic E-state index is 13.4. The van der Waals surface area contributed by atoms with E-state index < -0.39 is 155 Å². The van der Waals surface area contributed by atoms with E-state index in [-0.39, 0.29) is 12.3 Å². The third-order valence-electron chi connectivity index (χ3n) is 16.6. The lowest BCUT2D eigenvalue weighted by atomic mass is 9.88. The van der Waals surface area contributed by atoms with Crippen molar-refractivity contribution in [2.75, 3.05) is 26.4 Å². The molecule has 0 radical (unpaired) electrons. The molecule has 0 bridgehead atoms. The summed E-state index contributed by atoms with van der Waals surface area (Å²) in [5, 5.41) is 136. The van der Waals surface area contributed by atoms with Crippen LogP contribution < -0.4 is 10.6 Å². The summed E-state index contributed by atoms with van der Waals surface area (Å²) in [4.78, 5) is 38.4. The molecular weight excluding hydrogens is 1120 g/mol. The SMILES string of the molecule is CCCCCCCC/C=C\CCCCCC(=O)NC(COC1OC(CO)C(OC2OC(CO)C(O)C(OC3(C(=O)O)CC(O)C(NC(C)=O)C(C(O)C(O)CO)O3)C2O)C(O)C1O)C(O)/C=C/CCCCCCCCCCCCCCCCCCC. The van der Waals surface area contributed by atoms with Crippen LogP contribution in [-0.2, 0) is 42.8 Å². The van der Waals surface area contributed by atoms with Gasteiger partial charge in [-0.05, 0) is 44.9 Å². The summed E-state index contributed by atoms with van der Waals surface area (Å²) in [5.74, 6) is -6.16. The summed E-state index contributed by atoms with van der Waals surface area (Å²) in [5.41, 5.74) is 0. The fourth-order valence-electron chi connectivity index (χ4n) is 11.3. The van der Waals surface area contributed by atoms with Crippen LogP contribution in [0.5, 0.6) is 0 Å². The molecule has 23 nitrogen and oxygen atoms in total. The Morgan fingerprint density at radius 2 is 1.09 bits per heavy atom. The van der Waals surface area contributed by atoms with Crippen LogP contribution in [0.3, 0.4) is 0 Å². The number of aliphatic hydroxyl groups excluding tert-OH is 11. The van der Waals surface area contributed by atoms with Gasteiger partial charge in [0.25, 0.3) is 5.79 Å². The minimum Gasteiger partial charge on any atom is -0.477 e. The second-order valence-electron chi connectivity index (χ2n) is 24.0. The fourth-order valence-corrected chi connectivity index (χ4v) is 11.3. The van der Waals surface area contributed by atoms with E-state index in [0.717, 1.165) is 51.9 Å². The number of aliphatic carboxylic acids is 1. The number of carboxylic acid groups (broad SMARTS) is 1. The molecule has 23 heteroatoms. The van der Waals surface area contributed by atoms with Crippen LogP contribution in [0.2, 0.25) is 0 Å². The molecule has 18 atom stereocenters. The molecule has 0 aromatic heterocycles. The molecule has 2 amide bonds. The van der Waals surface area contributed by atoms with Gasteiger partial charge in [0.05, 0.1) is 50.7 Å². The van der Waals surface area contributed by atoms with Crippen LogP contribution >= 0.6 is 0 Å². The van der Waals surface area contributed by atoms with Crippen LogP contribution in [0.25, 0.3) is 0 Å². The van der Waals surface area contributed by atoms with Gasteiger partial charge in [0, 0.05) is 19.8 Å². The number of hydrogen-bond acceptors (Lipinski definition) is 20. The monoisotopic (exact) mass is 1230 g/mol. The molecule has 3 fully saturated rings. The number of hydrogen-bond donors (Lipinski definition) is 14. The first-order valence-electron chi connectivity index (χ1n) is 32.7. The molecule has 0 aromatic rings. The molecule has 86 heavy (non-hydrogen) atoms. The Morgan fingerprint density at radius 3 is 1.58 bits per heavy atom. The highest BCUT2D eigenvalue weighted by Gasteiger charge is 2.60. The zero-order valence-corrected chi connectivity index (χ0v) is 51.9. The van der Waals surface area contributed by atoms with E-state index in [1.165, 1.54) is 128 Å². The maximum Gasteiger partial charge on any atom is 0.364 e. The lowest BCUT2D eigenvalue weighted by Crippen LogP contribution is -2.70. The first-order valence-corrected chi connectivity index (χ1v) is 32.7. The van der Waals surface area contributed by atoms with Crippen molar-refractivity contribution in [1.82, 2.24) is 10.6 Å². The molecule has 3 heterocycles. The van der Waals surface area contributed by atoms with Gasteiger partial charge in [0.2, 0.25) is 11.8 Å². The molecule has 14 N–H and O–H groups in total. The lowest BCUT2D eigenvalue weighted by molar-refractivity contribution is -0.386. The summed E-state index contributed by atoms with van der Waals surface area (Å²) < 4.78 is 34.7. The van der Waals surface area contributed by atoms with Crippen LogP contribution in [0, 0.1) is 0 Å². The van der Waals surface area contributed by atoms with Gasteiger partial charge in [-0.3, -0.25) is 9.59 Å². The molecule has 0 aliphatic carbocycles. The van der Waals surface area contributed by atoms with E-state index in [1.807, 2.05) is 6.08 Å². The highest BCUT2D eigenvalue weighted by Crippen LogP contribution is 2.38. The van der Waals surface area contributed by atoms with Gasteiger partial charge in [0.1, 0.15) is 67.1 Å². The number of ether oxygens (including phenoxy) is 6. The van der Waals surface area contributed by atoms with Gasteiger partial charge in [-0.1, -0.05) is 179 Å². The van der Waals surface area contributed by atoms with E-state index in [2.05, 4.69) is 36.6 Å². The normalized spacial score (nSPS) is 29.5. The highest BCUT2D eigenvalue weighted by atomic mass is 16.8. The Hall–Kier alpha value is -2.79. The fraction of sp³-hybridized carbons (Fsp3) is 0.889. The van der Waals surface area contributed by atoms with Crippen molar-refractivity contribution in [2.24, 2.45) is 0 Å². The molecule has 0 spiro atoms. The zero-order chi connectivity index (χ0) is 63.3. The predicted molar refractivity (Wildman–Crippen MR) is 320 cm³/mol. The second-order valence-corrected chi connectivity index (χ2v) is 24.0. The first kappa shape index (κ1) is 77.5. The van der Waals surface area contributed by atoms with Crippen molar-refractivity contribution >= 4 is 17.8 Å². The Bertz CT molecular complexity index is 1850. The van der Waals surface area contributed by atoms with Crippen molar-refractivity contribution in [1.29, 1.82) is 0 Å². The summed E-state index contributed by atoms with van der Waals surface area (Å²) in [6.45, 7) is 2.10. The van der Waals surface area contributed by atoms with Crippen LogP contribution in [-0.4, -0.2) is 215 Å². The smallest absolute Gasteiger partial charge is 0.364 e. The minimum absolute atomic E-state index is 0.180. The number of allylic oxidation sites excluding steroid dienone is 3. The van der Waals surface area contributed by atoms with Gasteiger partial charge in [0.15, 0.2) is 12.6 Å². The Morgan fingerprint density at radius 1 is 0.605 bits per heavy atom. The largest absolute Gasteiger partial charge is 0.477 e. The molecular formula is C63H114N2O21. The molecule has 3 rings (SSSR count). The average molecular weight is 1240 g/mol. The van der Waals surface area contributed by atoms with Gasteiger partial charge < -0.3 is 100 Å². The van der Waals surface area contributed by atoms with E-state index in [0.29, 0.717) is 12.8 Å². The number of carbonyl (C=O) groups excluding carboxylic acids is 2. The van der Waals surface area contributed by atoms with Crippen molar-refractivity contribution in [3.05, 3.63) is 24.3 Å². The topological polar surface area (TPSA) is 373 Å². The second kappa shape index (κ2) is 44.6. The highest BCUT2D eigenvalue weighted by molar-refractivity contribution is 5.77. The van der Waals surface area contributed by atoms with Gasteiger partial charge in [-0.2, -0.15) is 0 Å². The number of rotatable bonds is 48. The third-order valence-corrected chi connectivity index (χ3v) is 16.6. The quantitative estimate of drug-likeness (QED) is 0.0294. The van der Waals surface area contributed by atoms with Crippen LogP contribution in [0.15, 0.2) is 24.3 Å². The molecule has 0 aromatic carbocycles. The Kier molecular flexibility index (Phi) is 40.2. The van der Waals surface area contributed by atoms with Gasteiger partial charge in [-0.25, -0.2) is 4.79 Å². The first-order chi connectivity index (χ1) is 41.4. The van der Waals surface area contributed by atoms with E-state index in [4.69, 9.17) is 28.4 Å². The molecule has 0 saturated carbocycles. The minimum atomic E-state index is -3.08. The van der Waals surface area contributed by atoms with Crippen molar-refractivity contribution in [3.63, 3.8) is 0 Å². The standard InChI is InChI=1S/C63H114N2O21/c1-4-6-8-10-12-14-16-18-19-20-21-22-23-25-26-28-30-32-34-36-45(70)44(65-50(73)37-35-33-31-29-27-24-17-15-13-11-9-7-5-2)42-81-60-55(77)54(76)57(49(41-68)83-60)84-61-56(78)59(53(75)48(40-67)82-61)86-63(62(79)80)38-46(71)51(64-43(3)69)58(85-63)52(74)47(72)39-66/h24,27,34,36,44-49,51-61,66-68,70-72,74-78H,4-23,25-26,28-33,35,37-42H2,1-3H3,(H,64,69)(H,65,73)(H,79,80)/b27-24-,36-34+. The predicted octanol–water partition coefficient (Wildman–Crippen LogP) is 4.50. The molecule has 3 aliphatic heterocycles. The van der Waals surface area contributed by atoms with Crippen LogP contribution in [0.4, 0.5) is 0 Å². The Labute approximate surface area is 511 Å². The van der Waals surface area contributed by atoms with E-state index >= 15 is 0 Å². The zero-order valence-electron chi connectivity index (χ0n) is 51.9. The van der Waals surface area contributed by atoms with Crippen LogP contribution in [0.1, 0.15) is 220 Å². The number of amides is 2. The lowest BCUT2D eigenvalue weighted by Gasteiger charge is -2.50. The van der Waals surface area contributed by atoms with E-state index in [9.17, 15) is 75.7 Å². The Balaban J connectivity index is 1.64. The molecule has 502 valence electrons. The maximum absolute atomic E-state index is 13.4. The molecule has 18 unspecified atom stereocenters. The molecule has 3 aliphatic rings. The third kappa shape index (κ3) is 27.8. The molecule has 3 saturated heterocycles. The van der Waals surface area contributed by atoms with Crippen molar-refractivity contribution < 1.29 is 104 Å². The van der Waals surface area contributed by atoms with Gasteiger partial charge >= 0.3 is 5.97 Å². The number of carboxylic acids is 1.